The van der Waals surface area contributed by atoms with Crippen LogP contribution in [0.25, 0.3) is 126 Å². The Morgan fingerprint density at radius 1 is 0.319 bits per heavy atom. The molecule has 0 radical (unpaired) electrons. The molecule has 72 heavy (non-hydrogen) atoms. The van der Waals surface area contributed by atoms with Crippen LogP contribution in [0.3, 0.4) is 0 Å². The van der Waals surface area contributed by atoms with E-state index in [1.165, 1.54) is 0 Å². The minimum atomic E-state index is 0.292. The standard InChI is InChI=1S/C64H34N8/c1-68-51-35-63(70-54-24-10-4-17-46(54)47-18-5-11-25-55(47)70)62(34-42(51)38-67)71-56-26-12-6-19-48(56)50-31-39(29-30-58(50)71)43-21-14-28-59-64(43)49-20-7-13-27-57(49)72(59)61-33-41(37-66)40(36-65)32-60(61)69-52-22-8-2-15-44(52)45-16-3-9-23-53(45)69/h2-35H. The van der Waals surface area contributed by atoms with E-state index < -0.39 is 0 Å². The van der Waals surface area contributed by atoms with Gasteiger partial charge in [-0.1, -0.05) is 127 Å². The van der Waals surface area contributed by atoms with E-state index in [1.54, 1.807) is 0 Å². The Morgan fingerprint density at radius 3 is 1.11 bits per heavy atom. The van der Waals surface area contributed by atoms with Gasteiger partial charge in [0.25, 0.3) is 0 Å². The Morgan fingerprint density at radius 2 is 0.667 bits per heavy atom. The first-order valence-corrected chi connectivity index (χ1v) is 23.6. The van der Waals surface area contributed by atoms with Crippen LogP contribution >= 0.6 is 0 Å². The van der Waals surface area contributed by atoms with Crippen molar-refractivity contribution in [2.24, 2.45) is 0 Å². The molecule has 0 aliphatic heterocycles. The van der Waals surface area contributed by atoms with Crippen molar-refractivity contribution in [2.45, 2.75) is 0 Å². The normalized spacial score (nSPS) is 11.6. The topological polar surface area (TPSA) is 95.4 Å². The quantitative estimate of drug-likeness (QED) is 0.161. The van der Waals surface area contributed by atoms with Gasteiger partial charge in [-0.25, -0.2) is 4.85 Å². The lowest BCUT2D eigenvalue weighted by molar-refractivity contribution is 1.09. The second-order valence-electron chi connectivity index (χ2n) is 18.1. The second-order valence-corrected chi connectivity index (χ2v) is 18.1. The average molecular weight is 915 g/mol. The summed E-state index contributed by atoms with van der Waals surface area (Å²) in [7, 11) is 0. The van der Waals surface area contributed by atoms with E-state index in [0.717, 1.165) is 121 Å². The predicted molar refractivity (Wildman–Crippen MR) is 290 cm³/mol. The van der Waals surface area contributed by atoms with Gasteiger partial charge in [0.05, 0.1) is 96.2 Å². The lowest BCUT2D eigenvalue weighted by atomic mass is 9.98. The van der Waals surface area contributed by atoms with Crippen LogP contribution in [0, 0.1) is 40.6 Å². The van der Waals surface area contributed by atoms with E-state index in [0.29, 0.717) is 22.4 Å². The van der Waals surface area contributed by atoms with Gasteiger partial charge in [-0.05, 0) is 90.0 Å². The number of fused-ring (bicyclic) bond motifs is 12. The van der Waals surface area contributed by atoms with Crippen LogP contribution in [-0.4, -0.2) is 18.3 Å². The van der Waals surface area contributed by atoms with E-state index >= 15 is 0 Å². The van der Waals surface area contributed by atoms with Crippen molar-refractivity contribution in [2.75, 3.05) is 0 Å². The number of benzene rings is 10. The SMILES string of the molecule is [C-]#[N+]c1cc(-n2c3ccccc3c3ccccc32)c(-n2c3ccccc3c3cc(-c4cccc5c4c4ccccc4n5-c4cc(C#N)c(C#N)cc4-n4c5ccccc5c5ccccc54)ccc32)cc1C#N. The maximum Gasteiger partial charge on any atom is 0.206 e. The van der Waals surface area contributed by atoms with E-state index in [2.05, 4.69) is 163 Å². The fraction of sp³-hybridized carbons (Fsp3) is 0. The van der Waals surface area contributed by atoms with Gasteiger partial charge >= 0.3 is 0 Å². The van der Waals surface area contributed by atoms with Gasteiger partial charge in [0.2, 0.25) is 5.69 Å². The van der Waals surface area contributed by atoms with Gasteiger partial charge in [0.1, 0.15) is 12.1 Å². The highest BCUT2D eigenvalue weighted by atomic mass is 15.1. The first-order valence-electron chi connectivity index (χ1n) is 23.6. The molecule has 14 rings (SSSR count). The zero-order valence-corrected chi connectivity index (χ0v) is 38.2. The first kappa shape index (κ1) is 40.4. The molecule has 0 bridgehead atoms. The van der Waals surface area contributed by atoms with E-state index in [-0.39, 0.29) is 0 Å². The van der Waals surface area contributed by atoms with E-state index in [1.807, 2.05) is 84.9 Å². The Labute approximate surface area is 411 Å². The molecule has 0 aliphatic carbocycles. The minimum absolute atomic E-state index is 0.292. The second kappa shape index (κ2) is 15.4. The van der Waals surface area contributed by atoms with Gasteiger partial charge in [0, 0.05) is 43.1 Å². The molecular weight excluding hydrogens is 881 g/mol. The minimum Gasteiger partial charge on any atom is -0.308 e. The Bertz CT molecular complexity index is 4760. The van der Waals surface area contributed by atoms with Gasteiger partial charge < -0.3 is 18.3 Å². The number of hydrogen-bond acceptors (Lipinski definition) is 3. The largest absolute Gasteiger partial charge is 0.308 e. The number of aromatic nitrogens is 4. The third-order valence-electron chi connectivity index (χ3n) is 14.5. The Kier molecular flexibility index (Phi) is 8.67. The maximum absolute atomic E-state index is 10.5. The number of rotatable bonds is 5. The van der Waals surface area contributed by atoms with Crippen LogP contribution in [0.2, 0.25) is 0 Å². The van der Waals surface area contributed by atoms with Crippen LogP contribution < -0.4 is 0 Å². The number of hydrogen-bond donors (Lipinski definition) is 0. The predicted octanol–water partition coefficient (Wildman–Crippen LogP) is 15.9. The average Bonchev–Trinajstić information content (AvgIpc) is 4.17. The van der Waals surface area contributed by atoms with Gasteiger partial charge in [-0.15, -0.1) is 0 Å². The number of para-hydroxylation sites is 6. The summed E-state index contributed by atoms with van der Waals surface area (Å²) in [5, 5.41) is 40.1. The molecule has 8 nitrogen and oxygen atoms in total. The van der Waals surface area contributed by atoms with Gasteiger partial charge in [-0.3, -0.25) is 0 Å². The molecule has 10 aromatic carbocycles. The van der Waals surface area contributed by atoms with E-state index in [9.17, 15) is 15.8 Å². The summed E-state index contributed by atoms with van der Waals surface area (Å²) in [5.41, 5.74) is 14.2. The van der Waals surface area contributed by atoms with Crippen LogP contribution in [0.5, 0.6) is 0 Å². The summed E-state index contributed by atoms with van der Waals surface area (Å²) in [6.45, 7) is 8.17. The van der Waals surface area contributed by atoms with Crippen molar-refractivity contribution in [3.05, 3.63) is 234 Å². The molecule has 0 N–H and O–H groups in total. The smallest absolute Gasteiger partial charge is 0.206 e. The molecule has 0 saturated carbocycles. The van der Waals surface area contributed by atoms with Crippen molar-refractivity contribution in [1.29, 1.82) is 15.8 Å². The molecule has 8 heteroatoms. The monoisotopic (exact) mass is 914 g/mol. The molecular formula is C64H34N8. The van der Waals surface area contributed by atoms with Crippen LogP contribution in [0.15, 0.2) is 206 Å². The fourth-order valence-corrected chi connectivity index (χ4v) is 11.5. The van der Waals surface area contributed by atoms with Crippen LogP contribution in [0.4, 0.5) is 5.69 Å². The molecule has 330 valence electrons. The third-order valence-corrected chi connectivity index (χ3v) is 14.5. The Hall–Kier alpha value is -10.6. The lowest BCUT2D eigenvalue weighted by Gasteiger charge is -2.18. The molecule has 0 saturated heterocycles. The summed E-state index contributed by atoms with van der Waals surface area (Å²) < 4.78 is 8.93. The molecule has 0 spiro atoms. The van der Waals surface area contributed by atoms with Gasteiger partial charge in [-0.2, -0.15) is 15.8 Å². The van der Waals surface area contributed by atoms with Crippen molar-refractivity contribution >= 4 is 92.9 Å². The summed E-state index contributed by atoms with van der Waals surface area (Å²) in [6.07, 6.45) is 0. The summed E-state index contributed by atoms with van der Waals surface area (Å²) in [5.74, 6) is 0. The summed E-state index contributed by atoms with van der Waals surface area (Å²) in [4.78, 5) is 3.86. The first-order chi connectivity index (χ1) is 35.6. The molecule has 0 atom stereocenters. The van der Waals surface area contributed by atoms with Crippen molar-refractivity contribution < 1.29 is 0 Å². The van der Waals surface area contributed by atoms with Crippen LogP contribution in [0.1, 0.15) is 16.7 Å². The van der Waals surface area contributed by atoms with E-state index in [4.69, 9.17) is 6.57 Å². The highest BCUT2D eigenvalue weighted by Crippen LogP contribution is 2.45. The molecule has 0 aliphatic rings. The molecule has 4 heterocycles. The lowest BCUT2D eigenvalue weighted by Crippen LogP contribution is -2.05. The number of nitrogens with zero attached hydrogens (tertiary/aromatic N) is 8. The fourth-order valence-electron chi connectivity index (χ4n) is 11.5. The highest BCUT2D eigenvalue weighted by molar-refractivity contribution is 6.18. The maximum atomic E-state index is 10.5. The zero-order valence-electron chi connectivity index (χ0n) is 38.2. The van der Waals surface area contributed by atoms with Crippen LogP contribution in [-0.2, 0) is 0 Å². The van der Waals surface area contributed by atoms with Gasteiger partial charge in [0.15, 0.2) is 0 Å². The molecule has 0 unspecified atom stereocenters. The third kappa shape index (κ3) is 5.58. The van der Waals surface area contributed by atoms with Crippen molar-refractivity contribution in [3.8, 4) is 52.1 Å². The zero-order chi connectivity index (χ0) is 48.2. The Balaban J connectivity index is 1.03. The van der Waals surface area contributed by atoms with Crippen molar-refractivity contribution in [1.82, 2.24) is 18.3 Å². The number of nitriles is 3. The summed E-state index contributed by atoms with van der Waals surface area (Å²) >= 11 is 0. The van der Waals surface area contributed by atoms with Crippen molar-refractivity contribution in [3.63, 3.8) is 0 Å². The molecule has 0 fully saturated rings. The molecule has 0 amide bonds. The highest BCUT2D eigenvalue weighted by Gasteiger charge is 2.25. The summed E-state index contributed by atoms with van der Waals surface area (Å²) in [6, 6.07) is 77.6. The molecule has 14 aromatic rings. The molecule has 4 aromatic heterocycles.